The fourth-order valence-electron chi connectivity index (χ4n) is 1.98. The highest BCUT2D eigenvalue weighted by atomic mass is 32.2. The molecular formula is C14H20O3S. The SMILES string of the molecule is CS[C@@](CO)(c1ccc(C)cc1)[C@H](C)OC(C)=O. The van der Waals surface area contributed by atoms with Gasteiger partial charge in [-0.05, 0) is 25.7 Å². The van der Waals surface area contributed by atoms with Crippen molar-refractivity contribution in [1.82, 2.24) is 0 Å². The number of ether oxygens (including phenoxy) is 1. The predicted octanol–water partition coefficient (Wildman–Crippen LogP) is 2.50. The van der Waals surface area contributed by atoms with Gasteiger partial charge in [0.2, 0.25) is 0 Å². The molecule has 4 heteroatoms. The van der Waals surface area contributed by atoms with Crippen molar-refractivity contribution >= 4 is 17.7 Å². The van der Waals surface area contributed by atoms with Crippen LogP contribution in [0.3, 0.4) is 0 Å². The molecule has 1 aromatic carbocycles. The van der Waals surface area contributed by atoms with E-state index < -0.39 is 10.9 Å². The van der Waals surface area contributed by atoms with Crippen molar-refractivity contribution in [3.63, 3.8) is 0 Å². The van der Waals surface area contributed by atoms with E-state index in [1.807, 2.05) is 44.4 Å². The monoisotopic (exact) mass is 268 g/mol. The molecule has 3 nitrogen and oxygen atoms in total. The number of benzene rings is 1. The Hall–Kier alpha value is -1.00. The van der Waals surface area contributed by atoms with Crippen LogP contribution in [0, 0.1) is 6.92 Å². The number of aliphatic hydroxyl groups excluding tert-OH is 1. The third-order valence-electron chi connectivity index (χ3n) is 3.14. The lowest BCUT2D eigenvalue weighted by Gasteiger charge is -2.35. The highest BCUT2D eigenvalue weighted by Gasteiger charge is 2.39. The third-order valence-corrected chi connectivity index (χ3v) is 4.56. The van der Waals surface area contributed by atoms with E-state index in [4.69, 9.17) is 4.74 Å². The minimum atomic E-state index is -0.612. The van der Waals surface area contributed by atoms with Gasteiger partial charge < -0.3 is 9.84 Å². The van der Waals surface area contributed by atoms with Crippen LogP contribution < -0.4 is 0 Å². The van der Waals surface area contributed by atoms with Crippen molar-refractivity contribution < 1.29 is 14.6 Å². The first-order valence-electron chi connectivity index (χ1n) is 5.86. The Labute approximate surface area is 113 Å². The number of esters is 1. The normalized spacial score (nSPS) is 15.8. The maximum Gasteiger partial charge on any atom is 0.302 e. The molecule has 0 heterocycles. The number of rotatable bonds is 5. The maximum absolute atomic E-state index is 11.1. The summed E-state index contributed by atoms with van der Waals surface area (Å²) in [6.07, 6.45) is 1.52. The second kappa shape index (κ2) is 6.25. The number of hydrogen-bond acceptors (Lipinski definition) is 4. The van der Waals surface area contributed by atoms with E-state index in [1.165, 1.54) is 18.7 Å². The van der Waals surface area contributed by atoms with Gasteiger partial charge in [-0.1, -0.05) is 29.8 Å². The lowest BCUT2D eigenvalue weighted by molar-refractivity contribution is -0.147. The lowest BCUT2D eigenvalue weighted by atomic mass is 9.93. The largest absolute Gasteiger partial charge is 0.461 e. The molecular weight excluding hydrogens is 248 g/mol. The average molecular weight is 268 g/mol. The summed E-state index contributed by atoms with van der Waals surface area (Å²) in [5.74, 6) is -0.332. The standard InChI is InChI=1S/C14H20O3S/c1-10-5-7-13(8-6-10)14(9-15,18-4)11(2)17-12(3)16/h5-8,11,15H,9H2,1-4H3/t11-,14+/m0/s1. The van der Waals surface area contributed by atoms with E-state index in [1.54, 1.807) is 0 Å². The van der Waals surface area contributed by atoms with Crippen molar-refractivity contribution in [3.8, 4) is 0 Å². The first kappa shape index (κ1) is 15.1. The fourth-order valence-corrected chi connectivity index (χ4v) is 2.86. The number of aryl methyl sites for hydroxylation is 1. The van der Waals surface area contributed by atoms with E-state index in [0.29, 0.717) is 0 Å². The smallest absolute Gasteiger partial charge is 0.302 e. The van der Waals surface area contributed by atoms with Crippen LogP contribution in [-0.4, -0.2) is 30.0 Å². The van der Waals surface area contributed by atoms with Gasteiger partial charge in [0.1, 0.15) is 10.9 Å². The lowest BCUT2D eigenvalue weighted by Crippen LogP contribution is -2.40. The molecule has 0 bridgehead atoms. The highest BCUT2D eigenvalue weighted by Crippen LogP contribution is 2.39. The zero-order chi connectivity index (χ0) is 13.8. The van der Waals surface area contributed by atoms with Crippen LogP contribution >= 0.6 is 11.8 Å². The Bertz CT molecular complexity index is 396. The Morgan fingerprint density at radius 2 is 2.00 bits per heavy atom. The molecule has 1 aromatic rings. The van der Waals surface area contributed by atoms with Gasteiger partial charge in [0.25, 0.3) is 0 Å². The van der Waals surface area contributed by atoms with Crippen LogP contribution in [0.4, 0.5) is 0 Å². The summed E-state index contributed by atoms with van der Waals surface area (Å²) in [5.41, 5.74) is 2.13. The van der Waals surface area contributed by atoms with Crippen molar-refractivity contribution in [3.05, 3.63) is 35.4 Å². The topological polar surface area (TPSA) is 46.5 Å². The van der Waals surface area contributed by atoms with Crippen LogP contribution in [-0.2, 0) is 14.3 Å². The van der Waals surface area contributed by atoms with E-state index in [0.717, 1.165) is 11.1 Å². The van der Waals surface area contributed by atoms with Gasteiger partial charge in [-0.3, -0.25) is 4.79 Å². The second-order valence-electron chi connectivity index (χ2n) is 4.37. The molecule has 0 fully saturated rings. The van der Waals surface area contributed by atoms with Gasteiger partial charge in [0.05, 0.1) is 6.61 Å². The van der Waals surface area contributed by atoms with E-state index in [2.05, 4.69) is 0 Å². The molecule has 18 heavy (non-hydrogen) atoms. The highest BCUT2D eigenvalue weighted by molar-refractivity contribution is 7.99. The molecule has 0 saturated heterocycles. The van der Waals surface area contributed by atoms with Crippen molar-refractivity contribution in [2.75, 3.05) is 12.9 Å². The van der Waals surface area contributed by atoms with Gasteiger partial charge in [-0.2, -0.15) is 0 Å². The number of carbonyl (C=O) groups excluding carboxylic acids is 1. The molecule has 0 spiro atoms. The number of hydrogen-bond donors (Lipinski definition) is 1. The van der Waals surface area contributed by atoms with Gasteiger partial charge in [0, 0.05) is 6.92 Å². The van der Waals surface area contributed by atoms with Gasteiger partial charge in [0.15, 0.2) is 0 Å². The maximum atomic E-state index is 11.1. The Kier molecular flexibility index (Phi) is 5.23. The number of aliphatic hydroxyl groups is 1. The summed E-state index contributed by atoms with van der Waals surface area (Å²) in [5, 5.41) is 9.77. The van der Waals surface area contributed by atoms with Crippen molar-refractivity contribution in [1.29, 1.82) is 0 Å². The Morgan fingerprint density at radius 3 is 2.39 bits per heavy atom. The molecule has 0 aliphatic heterocycles. The van der Waals surface area contributed by atoms with Crippen LogP contribution in [0.15, 0.2) is 24.3 Å². The Balaban J connectivity index is 3.13. The molecule has 1 rings (SSSR count). The summed E-state index contributed by atoms with van der Waals surface area (Å²) >= 11 is 1.50. The Morgan fingerprint density at radius 1 is 1.44 bits per heavy atom. The van der Waals surface area contributed by atoms with Crippen LogP contribution in [0.1, 0.15) is 25.0 Å². The molecule has 2 atom stereocenters. The fraction of sp³-hybridized carbons (Fsp3) is 0.500. The zero-order valence-electron chi connectivity index (χ0n) is 11.3. The molecule has 0 aliphatic rings. The van der Waals surface area contributed by atoms with Gasteiger partial charge in [-0.25, -0.2) is 0 Å². The number of thioether (sulfide) groups is 1. The van der Waals surface area contributed by atoms with Crippen LogP contribution in [0.2, 0.25) is 0 Å². The molecule has 0 aliphatic carbocycles. The van der Waals surface area contributed by atoms with Gasteiger partial charge in [-0.15, -0.1) is 11.8 Å². The van der Waals surface area contributed by atoms with E-state index in [9.17, 15) is 9.90 Å². The quantitative estimate of drug-likeness (QED) is 0.833. The van der Waals surface area contributed by atoms with E-state index >= 15 is 0 Å². The first-order valence-corrected chi connectivity index (χ1v) is 7.09. The summed E-state index contributed by atoms with van der Waals surface area (Å²) < 4.78 is 4.65. The number of carbonyl (C=O) groups is 1. The average Bonchev–Trinajstić information content (AvgIpc) is 2.32. The molecule has 1 N–H and O–H groups in total. The summed E-state index contributed by atoms with van der Waals surface area (Å²) in [7, 11) is 0. The minimum absolute atomic E-state index is 0.0777. The minimum Gasteiger partial charge on any atom is -0.461 e. The first-order chi connectivity index (χ1) is 8.46. The predicted molar refractivity (Wildman–Crippen MR) is 74.7 cm³/mol. The molecule has 100 valence electrons. The summed E-state index contributed by atoms with van der Waals surface area (Å²) in [6, 6.07) is 7.94. The molecule has 0 saturated carbocycles. The van der Waals surface area contributed by atoms with E-state index in [-0.39, 0.29) is 12.6 Å². The second-order valence-corrected chi connectivity index (χ2v) is 5.51. The third kappa shape index (κ3) is 3.06. The molecule has 0 radical (unpaired) electrons. The zero-order valence-corrected chi connectivity index (χ0v) is 12.1. The molecule has 0 amide bonds. The summed E-state index contributed by atoms with van der Waals surface area (Å²) in [6.45, 7) is 5.13. The van der Waals surface area contributed by atoms with Gasteiger partial charge >= 0.3 is 5.97 Å². The van der Waals surface area contributed by atoms with Crippen LogP contribution in [0.5, 0.6) is 0 Å². The van der Waals surface area contributed by atoms with Crippen molar-refractivity contribution in [2.24, 2.45) is 0 Å². The summed E-state index contributed by atoms with van der Waals surface area (Å²) in [4.78, 5) is 11.1. The molecule has 0 unspecified atom stereocenters. The van der Waals surface area contributed by atoms with Crippen LogP contribution in [0.25, 0.3) is 0 Å². The molecule has 0 aromatic heterocycles. The van der Waals surface area contributed by atoms with Crippen molar-refractivity contribution in [2.45, 2.75) is 31.6 Å².